The van der Waals surface area contributed by atoms with Crippen molar-refractivity contribution in [1.29, 1.82) is 0 Å². The second-order valence-corrected chi connectivity index (χ2v) is 5.63. The van der Waals surface area contributed by atoms with E-state index in [-0.39, 0.29) is 0 Å². The van der Waals surface area contributed by atoms with Gasteiger partial charge in [0.2, 0.25) is 0 Å². The van der Waals surface area contributed by atoms with Crippen LogP contribution in [0.5, 0.6) is 0 Å². The summed E-state index contributed by atoms with van der Waals surface area (Å²) in [4.78, 5) is 10.2. The van der Waals surface area contributed by atoms with Gasteiger partial charge in [-0.15, -0.1) is 0 Å². The van der Waals surface area contributed by atoms with Gasteiger partial charge in [-0.1, -0.05) is 79.1 Å². The molecule has 0 spiro atoms. The molecule has 0 N–H and O–H groups in total. The standard InChI is InChI=1S/C15H19IO/c1-2-3-4-7-15(16)14-10-8-13(9-11-14)6-5-12-17/h5-6,8-12,15H,2-4,7H2,1H3. The van der Waals surface area contributed by atoms with Crippen molar-refractivity contribution in [2.24, 2.45) is 0 Å². The molecule has 0 saturated carbocycles. The number of unbranched alkanes of at least 4 members (excludes halogenated alkanes) is 2. The maximum atomic E-state index is 10.2. The number of carbonyl (C=O) groups excluding carboxylic acids is 1. The zero-order chi connectivity index (χ0) is 12.5. The molecule has 1 aromatic carbocycles. The van der Waals surface area contributed by atoms with Crippen LogP contribution in [0.4, 0.5) is 0 Å². The van der Waals surface area contributed by atoms with E-state index in [9.17, 15) is 4.79 Å². The first-order valence-corrected chi connectivity index (χ1v) is 7.38. The quantitative estimate of drug-likeness (QED) is 0.225. The maximum absolute atomic E-state index is 10.2. The molecule has 0 bridgehead atoms. The summed E-state index contributed by atoms with van der Waals surface area (Å²) in [6.45, 7) is 2.23. The van der Waals surface area contributed by atoms with Crippen LogP contribution >= 0.6 is 22.6 Å². The molecule has 0 saturated heterocycles. The average molecular weight is 342 g/mol. The molecule has 0 aliphatic heterocycles. The van der Waals surface area contributed by atoms with Crippen LogP contribution in [0.25, 0.3) is 6.08 Å². The summed E-state index contributed by atoms with van der Waals surface area (Å²) >= 11 is 2.51. The smallest absolute Gasteiger partial charge is 0.142 e. The lowest BCUT2D eigenvalue weighted by Crippen LogP contribution is -1.90. The number of carbonyl (C=O) groups is 1. The van der Waals surface area contributed by atoms with Gasteiger partial charge in [0.15, 0.2) is 0 Å². The van der Waals surface area contributed by atoms with Crippen LogP contribution in [0.2, 0.25) is 0 Å². The molecule has 1 rings (SSSR count). The Balaban J connectivity index is 2.54. The summed E-state index contributed by atoms with van der Waals surface area (Å²) in [5, 5.41) is 0. The second-order valence-electron chi connectivity index (χ2n) is 4.13. The molecule has 0 fully saturated rings. The Bertz CT molecular complexity index is 354. The van der Waals surface area contributed by atoms with Gasteiger partial charge in [0.1, 0.15) is 6.29 Å². The average Bonchev–Trinajstić information content (AvgIpc) is 2.37. The number of halogens is 1. The van der Waals surface area contributed by atoms with Gasteiger partial charge < -0.3 is 0 Å². The fourth-order valence-corrected chi connectivity index (χ4v) is 2.56. The van der Waals surface area contributed by atoms with Crippen molar-refractivity contribution in [3.63, 3.8) is 0 Å². The van der Waals surface area contributed by atoms with Crippen molar-refractivity contribution in [3.8, 4) is 0 Å². The van der Waals surface area contributed by atoms with Crippen LogP contribution in [0, 0.1) is 0 Å². The Kier molecular flexibility index (Phi) is 7.17. The van der Waals surface area contributed by atoms with E-state index in [1.807, 2.05) is 6.08 Å². The van der Waals surface area contributed by atoms with Gasteiger partial charge in [0, 0.05) is 3.92 Å². The molecule has 0 radical (unpaired) electrons. The molecule has 0 aromatic heterocycles. The third-order valence-electron chi connectivity index (χ3n) is 2.73. The molecule has 0 amide bonds. The van der Waals surface area contributed by atoms with Gasteiger partial charge in [-0.3, -0.25) is 4.79 Å². The van der Waals surface area contributed by atoms with Crippen LogP contribution in [0.3, 0.4) is 0 Å². The first-order valence-electron chi connectivity index (χ1n) is 6.13. The Morgan fingerprint density at radius 3 is 2.53 bits per heavy atom. The number of hydrogen-bond donors (Lipinski definition) is 0. The van der Waals surface area contributed by atoms with Crippen molar-refractivity contribution < 1.29 is 4.79 Å². The summed E-state index contributed by atoms with van der Waals surface area (Å²) in [5.41, 5.74) is 2.46. The Morgan fingerprint density at radius 2 is 1.94 bits per heavy atom. The number of alkyl halides is 1. The van der Waals surface area contributed by atoms with Crippen molar-refractivity contribution >= 4 is 35.0 Å². The Hall–Kier alpha value is -0.640. The molecule has 0 heterocycles. The van der Waals surface area contributed by atoms with E-state index in [1.54, 1.807) is 0 Å². The Labute approximate surface area is 117 Å². The monoisotopic (exact) mass is 342 g/mol. The van der Waals surface area contributed by atoms with Gasteiger partial charge in [-0.25, -0.2) is 0 Å². The molecule has 17 heavy (non-hydrogen) atoms. The number of hydrogen-bond acceptors (Lipinski definition) is 1. The summed E-state index contributed by atoms with van der Waals surface area (Å²) < 4.78 is 0.600. The van der Waals surface area contributed by atoms with Crippen molar-refractivity contribution in [2.45, 2.75) is 36.5 Å². The molecule has 92 valence electrons. The van der Waals surface area contributed by atoms with Crippen molar-refractivity contribution in [3.05, 3.63) is 41.5 Å². The van der Waals surface area contributed by atoms with Crippen LogP contribution < -0.4 is 0 Å². The number of allylic oxidation sites excluding steroid dienone is 1. The minimum atomic E-state index is 0.600. The van der Waals surface area contributed by atoms with Gasteiger partial charge in [0.25, 0.3) is 0 Å². The zero-order valence-electron chi connectivity index (χ0n) is 10.2. The van der Waals surface area contributed by atoms with E-state index < -0.39 is 0 Å². The highest BCUT2D eigenvalue weighted by Crippen LogP contribution is 2.29. The molecule has 1 atom stereocenters. The lowest BCUT2D eigenvalue weighted by Gasteiger charge is -2.10. The summed E-state index contributed by atoms with van der Waals surface area (Å²) in [5.74, 6) is 0. The topological polar surface area (TPSA) is 17.1 Å². The van der Waals surface area contributed by atoms with Gasteiger partial charge >= 0.3 is 0 Å². The molecule has 0 aliphatic rings. The fourth-order valence-electron chi connectivity index (χ4n) is 1.71. The van der Waals surface area contributed by atoms with Crippen molar-refractivity contribution in [1.82, 2.24) is 0 Å². The predicted octanol–water partition coefficient (Wildman–Crippen LogP) is 4.96. The lowest BCUT2D eigenvalue weighted by molar-refractivity contribution is -0.104. The largest absolute Gasteiger partial charge is 0.299 e. The third-order valence-corrected chi connectivity index (χ3v) is 4.07. The van der Waals surface area contributed by atoms with Crippen LogP contribution in [0.15, 0.2) is 30.3 Å². The van der Waals surface area contributed by atoms with Gasteiger partial charge in [0.05, 0.1) is 0 Å². The zero-order valence-corrected chi connectivity index (χ0v) is 12.4. The summed E-state index contributed by atoms with van der Waals surface area (Å²) in [7, 11) is 0. The maximum Gasteiger partial charge on any atom is 0.142 e. The molecule has 1 aromatic rings. The molecular weight excluding hydrogens is 323 g/mol. The highest BCUT2D eigenvalue weighted by Gasteiger charge is 2.05. The van der Waals surface area contributed by atoms with E-state index in [1.165, 1.54) is 37.3 Å². The first-order chi connectivity index (χ1) is 8.27. The lowest BCUT2D eigenvalue weighted by atomic mass is 10.0. The number of benzene rings is 1. The highest BCUT2D eigenvalue weighted by molar-refractivity contribution is 14.1. The summed E-state index contributed by atoms with van der Waals surface area (Å²) in [6, 6.07) is 8.46. The van der Waals surface area contributed by atoms with E-state index >= 15 is 0 Å². The molecule has 2 heteroatoms. The first kappa shape index (κ1) is 14.4. The van der Waals surface area contributed by atoms with Crippen LogP contribution in [0.1, 0.15) is 47.7 Å². The van der Waals surface area contributed by atoms with Crippen LogP contribution in [-0.2, 0) is 4.79 Å². The van der Waals surface area contributed by atoms with E-state index in [2.05, 4.69) is 53.8 Å². The van der Waals surface area contributed by atoms with Gasteiger partial charge in [-0.2, -0.15) is 0 Å². The second kappa shape index (κ2) is 8.45. The SMILES string of the molecule is CCCCCC(I)c1ccc(C=CC=O)cc1. The molecule has 0 aliphatic carbocycles. The molecule has 1 nitrogen and oxygen atoms in total. The van der Waals surface area contributed by atoms with Gasteiger partial charge in [-0.05, 0) is 23.6 Å². The fraction of sp³-hybridized carbons (Fsp3) is 0.400. The molecule has 1 unspecified atom stereocenters. The van der Waals surface area contributed by atoms with E-state index in [0.29, 0.717) is 3.92 Å². The Morgan fingerprint density at radius 1 is 1.24 bits per heavy atom. The predicted molar refractivity (Wildman–Crippen MR) is 82.4 cm³/mol. The summed E-state index contributed by atoms with van der Waals surface area (Å²) in [6.07, 6.45) is 9.31. The van der Waals surface area contributed by atoms with Crippen LogP contribution in [-0.4, -0.2) is 6.29 Å². The highest BCUT2D eigenvalue weighted by atomic mass is 127. The van der Waals surface area contributed by atoms with Crippen molar-refractivity contribution in [2.75, 3.05) is 0 Å². The minimum absolute atomic E-state index is 0.600. The molecular formula is C15H19IO. The van der Waals surface area contributed by atoms with E-state index in [0.717, 1.165) is 11.8 Å². The normalized spacial score (nSPS) is 12.8. The number of aldehydes is 1. The minimum Gasteiger partial charge on any atom is -0.299 e. The number of rotatable bonds is 7. The third kappa shape index (κ3) is 5.48. The van der Waals surface area contributed by atoms with E-state index in [4.69, 9.17) is 0 Å².